The molecule has 98 valence electrons. The van der Waals surface area contributed by atoms with Gasteiger partial charge >= 0.3 is 0 Å². The molecule has 0 N–H and O–H groups in total. The van der Waals surface area contributed by atoms with Crippen molar-refractivity contribution in [2.45, 2.75) is 37.5 Å². The highest BCUT2D eigenvalue weighted by Gasteiger charge is 2.41. The fourth-order valence-electron chi connectivity index (χ4n) is 3.88. The van der Waals surface area contributed by atoms with Crippen molar-refractivity contribution in [3.8, 4) is 0 Å². The topological polar surface area (TPSA) is 30.2 Å². The number of benzene rings is 1. The molecule has 1 fully saturated rings. The van der Waals surface area contributed by atoms with Gasteiger partial charge in [0.25, 0.3) is 0 Å². The van der Waals surface area contributed by atoms with Gasteiger partial charge in [-0.05, 0) is 37.3 Å². The third-order valence-electron chi connectivity index (χ3n) is 4.96. The first-order valence-electron chi connectivity index (χ1n) is 7.26. The summed E-state index contributed by atoms with van der Waals surface area (Å²) in [4.78, 5) is 4.79. The van der Waals surface area contributed by atoms with Crippen LogP contribution in [0.5, 0.6) is 0 Å². The van der Waals surface area contributed by atoms with Gasteiger partial charge in [-0.15, -0.1) is 0 Å². The van der Waals surface area contributed by atoms with E-state index in [-0.39, 0.29) is 5.41 Å². The van der Waals surface area contributed by atoms with E-state index in [2.05, 4.69) is 23.3 Å². The summed E-state index contributed by atoms with van der Waals surface area (Å²) in [5.74, 6) is 0. The van der Waals surface area contributed by atoms with E-state index in [1.807, 2.05) is 17.9 Å². The summed E-state index contributed by atoms with van der Waals surface area (Å²) in [7, 11) is 2.02. The second-order valence-corrected chi connectivity index (χ2v) is 5.91. The van der Waals surface area contributed by atoms with Crippen molar-refractivity contribution >= 4 is 16.6 Å². The molecule has 2 aromatic rings. The van der Waals surface area contributed by atoms with Crippen LogP contribution in [0.25, 0.3) is 10.9 Å². The lowest BCUT2D eigenvalue weighted by Crippen LogP contribution is -2.35. The van der Waals surface area contributed by atoms with Crippen LogP contribution in [-0.4, -0.2) is 22.0 Å². The average Bonchev–Trinajstić information content (AvgIpc) is 3.03. The van der Waals surface area contributed by atoms with Crippen molar-refractivity contribution < 1.29 is 0 Å². The molecule has 0 bridgehead atoms. The van der Waals surface area contributed by atoms with Gasteiger partial charge in [0.1, 0.15) is 0 Å². The summed E-state index contributed by atoms with van der Waals surface area (Å²) in [6.45, 7) is 1.01. The molecule has 0 spiro atoms. The molecule has 19 heavy (non-hydrogen) atoms. The highest BCUT2D eigenvalue weighted by molar-refractivity contribution is 5.98. The lowest BCUT2D eigenvalue weighted by Gasteiger charge is -2.35. The first kappa shape index (κ1) is 11.2. The number of hydrogen-bond acceptors (Lipinski definition) is 2. The maximum Gasteiger partial charge on any atom is 0.0682 e. The molecule has 1 unspecified atom stereocenters. The maximum atomic E-state index is 4.79. The quantitative estimate of drug-likeness (QED) is 0.767. The molecule has 4 rings (SSSR count). The molecule has 0 amide bonds. The normalized spacial score (nSPS) is 26.5. The number of aryl methyl sites for hydroxylation is 1. The minimum absolute atomic E-state index is 0.247. The zero-order valence-corrected chi connectivity index (χ0v) is 11.4. The monoisotopic (exact) mass is 253 g/mol. The predicted molar refractivity (Wildman–Crippen MR) is 77.8 cm³/mol. The summed E-state index contributed by atoms with van der Waals surface area (Å²) < 4.78 is 1.98. The van der Waals surface area contributed by atoms with Crippen molar-refractivity contribution in [3.63, 3.8) is 0 Å². The fraction of sp³-hybridized carbons (Fsp3) is 0.500. The van der Waals surface area contributed by atoms with Gasteiger partial charge in [-0.1, -0.05) is 18.6 Å². The number of rotatable bonds is 1. The highest BCUT2D eigenvalue weighted by Crippen LogP contribution is 2.44. The third-order valence-corrected chi connectivity index (χ3v) is 4.96. The van der Waals surface area contributed by atoms with E-state index in [1.54, 1.807) is 0 Å². The van der Waals surface area contributed by atoms with Crippen molar-refractivity contribution in [2.24, 2.45) is 12.0 Å². The van der Waals surface area contributed by atoms with Gasteiger partial charge in [0.15, 0.2) is 0 Å². The van der Waals surface area contributed by atoms with Gasteiger partial charge in [0, 0.05) is 30.1 Å². The van der Waals surface area contributed by atoms with Crippen LogP contribution in [0.4, 0.5) is 0 Å². The van der Waals surface area contributed by atoms with Gasteiger partial charge < -0.3 is 0 Å². The molecule has 0 radical (unpaired) electrons. The van der Waals surface area contributed by atoms with E-state index in [0.29, 0.717) is 0 Å². The second-order valence-electron chi connectivity index (χ2n) is 5.91. The molecule has 2 heterocycles. The molecule has 1 aliphatic carbocycles. The second kappa shape index (κ2) is 3.92. The smallest absolute Gasteiger partial charge is 0.0682 e. The molecule has 1 aromatic heterocycles. The van der Waals surface area contributed by atoms with Gasteiger partial charge in [-0.25, -0.2) is 0 Å². The summed E-state index contributed by atoms with van der Waals surface area (Å²) in [6.07, 6.45) is 8.27. The van der Waals surface area contributed by atoms with Crippen LogP contribution in [0.3, 0.4) is 0 Å². The minimum Gasteiger partial charge on any atom is -0.293 e. The SMILES string of the molecule is Cn1ncc2ccc(C34CCCCC3=NCC4)cc21. The van der Waals surface area contributed by atoms with E-state index in [4.69, 9.17) is 4.99 Å². The molecule has 3 heteroatoms. The first-order valence-corrected chi connectivity index (χ1v) is 7.26. The van der Waals surface area contributed by atoms with Crippen LogP contribution in [0.2, 0.25) is 0 Å². The average molecular weight is 253 g/mol. The summed E-state index contributed by atoms with van der Waals surface area (Å²) >= 11 is 0. The van der Waals surface area contributed by atoms with Gasteiger partial charge in [-0.3, -0.25) is 9.67 Å². The zero-order valence-electron chi connectivity index (χ0n) is 11.4. The lowest BCUT2D eigenvalue weighted by atomic mass is 9.67. The minimum atomic E-state index is 0.247. The Labute approximate surface area is 113 Å². The number of fused-ring (bicyclic) bond motifs is 2. The Morgan fingerprint density at radius 2 is 2.16 bits per heavy atom. The summed E-state index contributed by atoms with van der Waals surface area (Å²) in [6, 6.07) is 6.86. The largest absolute Gasteiger partial charge is 0.293 e. The molecule has 0 saturated heterocycles. The standard InChI is InChI=1S/C16H19N3/c1-19-14-10-13(6-5-12(14)11-18-19)16-7-3-2-4-15(16)17-9-8-16/h5-6,10-11H,2-4,7-9H2,1H3. The Kier molecular flexibility index (Phi) is 2.32. The molecule has 1 atom stereocenters. The Balaban J connectivity index is 1.88. The van der Waals surface area contributed by atoms with Gasteiger partial charge in [0.05, 0.1) is 11.7 Å². The number of hydrogen-bond donors (Lipinski definition) is 0. The Bertz CT molecular complexity index is 668. The summed E-state index contributed by atoms with van der Waals surface area (Å²) in [5.41, 5.74) is 4.40. The van der Waals surface area contributed by atoms with Gasteiger partial charge in [0.2, 0.25) is 0 Å². The van der Waals surface area contributed by atoms with Crippen LogP contribution in [-0.2, 0) is 12.5 Å². The summed E-state index contributed by atoms with van der Waals surface area (Å²) in [5, 5.41) is 5.58. The maximum absolute atomic E-state index is 4.79. The van der Waals surface area contributed by atoms with Crippen molar-refractivity contribution in [1.29, 1.82) is 0 Å². The highest BCUT2D eigenvalue weighted by atomic mass is 15.2. The third kappa shape index (κ3) is 1.50. The van der Waals surface area contributed by atoms with Crippen molar-refractivity contribution in [2.75, 3.05) is 6.54 Å². The van der Waals surface area contributed by atoms with Crippen molar-refractivity contribution in [1.82, 2.24) is 9.78 Å². The van der Waals surface area contributed by atoms with E-state index in [9.17, 15) is 0 Å². The Morgan fingerprint density at radius 1 is 1.21 bits per heavy atom. The Morgan fingerprint density at radius 3 is 3.11 bits per heavy atom. The fourth-order valence-corrected chi connectivity index (χ4v) is 3.88. The molecule has 3 nitrogen and oxygen atoms in total. The van der Waals surface area contributed by atoms with E-state index >= 15 is 0 Å². The molecular formula is C16H19N3. The van der Waals surface area contributed by atoms with Crippen LogP contribution in [0.15, 0.2) is 29.4 Å². The van der Waals surface area contributed by atoms with Crippen LogP contribution in [0.1, 0.15) is 37.7 Å². The molecule has 1 saturated carbocycles. The lowest BCUT2D eigenvalue weighted by molar-refractivity contribution is 0.457. The molecule has 2 aliphatic rings. The van der Waals surface area contributed by atoms with Crippen molar-refractivity contribution in [3.05, 3.63) is 30.0 Å². The van der Waals surface area contributed by atoms with E-state index in [1.165, 1.54) is 54.3 Å². The van der Waals surface area contributed by atoms with E-state index < -0.39 is 0 Å². The first-order chi connectivity index (χ1) is 9.29. The Hall–Kier alpha value is -1.64. The number of aromatic nitrogens is 2. The molecule has 1 aliphatic heterocycles. The number of aliphatic imine (C=N–C) groups is 1. The zero-order chi connectivity index (χ0) is 12.9. The van der Waals surface area contributed by atoms with Crippen LogP contribution >= 0.6 is 0 Å². The molecular weight excluding hydrogens is 234 g/mol. The van der Waals surface area contributed by atoms with E-state index in [0.717, 1.165) is 6.54 Å². The predicted octanol–water partition coefficient (Wildman–Crippen LogP) is 3.23. The molecule has 1 aromatic carbocycles. The van der Waals surface area contributed by atoms with Crippen LogP contribution in [0, 0.1) is 0 Å². The number of nitrogens with zero attached hydrogens (tertiary/aromatic N) is 3. The van der Waals surface area contributed by atoms with Gasteiger partial charge in [-0.2, -0.15) is 5.10 Å². The van der Waals surface area contributed by atoms with Crippen LogP contribution < -0.4 is 0 Å².